The second kappa shape index (κ2) is 9.29. The van der Waals surface area contributed by atoms with E-state index < -0.39 is 15.8 Å². The van der Waals surface area contributed by atoms with Crippen molar-refractivity contribution in [3.05, 3.63) is 46.2 Å². The van der Waals surface area contributed by atoms with Gasteiger partial charge in [0.15, 0.2) is 0 Å². The predicted octanol–water partition coefficient (Wildman–Crippen LogP) is 1.81. The van der Waals surface area contributed by atoms with Crippen LogP contribution in [0.5, 0.6) is 0 Å². The summed E-state index contributed by atoms with van der Waals surface area (Å²) >= 11 is 1.62. The molecular weight excluding hydrogens is 415 g/mol. The van der Waals surface area contributed by atoms with E-state index in [0.717, 1.165) is 29.3 Å². The average molecular weight is 441 g/mol. The van der Waals surface area contributed by atoms with E-state index in [2.05, 4.69) is 11.9 Å². The molecule has 0 N–H and O–H groups in total. The van der Waals surface area contributed by atoms with Crippen molar-refractivity contribution in [1.29, 1.82) is 0 Å². The number of nitrogens with zero attached hydrogens (tertiary/aromatic N) is 4. The minimum absolute atomic E-state index is 0.0303. The van der Waals surface area contributed by atoms with Crippen molar-refractivity contribution in [2.45, 2.75) is 24.8 Å². The minimum Gasteiger partial charge on any atom is -0.339 e. The van der Waals surface area contributed by atoms with E-state index in [1.165, 1.54) is 16.4 Å². The maximum absolute atomic E-state index is 13.1. The maximum Gasteiger partial charge on any atom is 0.243 e. The molecule has 2 heterocycles. The van der Waals surface area contributed by atoms with E-state index >= 15 is 0 Å². The molecule has 0 radical (unpaired) electrons. The molecule has 1 fully saturated rings. The molecule has 1 aliphatic heterocycles. The highest BCUT2D eigenvalue weighted by molar-refractivity contribution is 7.89. The molecule has 0 saturated carbocycles. The van der Waals surface area contributed by atoms with E-state index in [1.807, 2.05) is 17.3 Å². The van der Waals surface area contributed by atoms with Gasteiger partial charge in [-0.2, -0.15) is 4.31 Å². The molecule has 3 rings (SSSR count). The largest absolute Gasteiger partial charge is 0.339 e. The van der Waals surface area contributed by atoms with Crippen molar-refractivity contribution in [3.63, 3.8) is 0 Å². The highest BCUT2D eigenvalue weighted by Crippen LogP contribution is 2.18. The van der Waals surface area contributed by atoms with Gasteiger partial charge in [-0.25, -0.2) is 17.8 Å². The van der Waals surface area contributed by atoms with Gasteiger partial charge in [0.25, 0.3) is 0 Å². The van der Waals surface area contributed by atoms with Crippen LogP contribution in [-0.4, -0.2) is 73.2 Å². The van der Waals surface area contributed by atoms with Crippen LogP contribution < -0.4 is 0 Å². The van der Waals surface area contributed by atoms with Crippen molar-refractivity contribution in [1.82, 2.24) is 19.1 Å². The van der Waals surface area contributed by atoms with E-state index in [4.69, 9.17) is 0 Å². The second-order valence-electron chi connectivity index (χ2n) is 7.00. The number of hydrogen-bond acceptors (Lipinski definition) is 6. The number of halogens is 1. The van der Waals surface area contributed by atoms with Gasteiger partial charge in [0.1, 0.15) is 5.82 Å². The summed E-state index contributed by atoms with van der Waals surface area (Å²) in [6, 6.07) is 4.79. The monoisotopic (exact) mass is 440 g/mol. The molecule has 1 aromatic heterocycles. The second-order valence-corrected chi connectivity index (χ2v) is 9.88. The first-order valence-electron chi connectivity index (χ1n) is 9.45. The van der Waals surface area contributed by atoms with Crippen LogP contribution in [0.4, 0.5) is 4.39 Å². The Labute approximate surface area is 174 Å². The van der Waals surface area contributed by atoms with Crippen LogP contribution in [0.3, 0.4) is 0 Å². The van der Waals surface area contributed by atoms with Crippen molar-refractivity contribution in [2.75, 3.05) is 39.8 Å². The number of carbonyl (C=O) groups is 1. The smallest absolute Gasteiger partial charge is 0.243 e. The van der Waals surface area contributed by atoms with Gasteiger partial charge in [-0.15, -0.1) is 11.3 Å². The van der Waals surface area contributed by atoms with Crippen LogP contribution in [0.1, 0.15) is 17.6 Å². The molecule has 1 aliphatic rings. The van der Waals surface area contributed by atoms with Crippen LogP contribution in [0.25, 0.3) is 0 Å². The third-order valence-electron chi connectivity index (χ3n) is 4.78. The lowest BCUT2D eigenvalue weighted by molar-refractivity contribution is -0.133. The number of piperazine rings is 1. The standard InChI is InChI=1S/C19H25FN4O3S2/c1-3-18-21-16(14-28-18)12-22(2)13-19(25)23-8-10-24(11-9-23)29(26,27)17-6-4-15(20)5-7-17/h4-7,14H,3,8-13H2,1-2H3. The Morgan fingerprint density at radius 3 is 2.45 bits per heavy atom. The molecule has 0 spiro atoms. The molecule has 0 bridgehead atoms. The molecule has 0 atom stereocenters. The summed E-state index contributed by atoms with van der Waals surface area (Å²) in [6.45, 7) is 4.03. The highest BCUT2D eigenvalue weighted by Gasteiger charge is 2.30. The Bertz CT molecular complexity index is 939. The Morgan fingerprint density at radius 2 is 1.86 bits per heavy atom. The van der Waals surface area contributed by atoms with E-state index in [0.29, 0.717) is 19.6 Å². The van der Waals surface area contributed by atoms with Crippen molar-refractivity contribution < 1.29 is 17.6 Å². The summed E-state index contributed by atoms with van der Waals surface area (Å²) in [5.41, 5.74) is 0.956. The number of likely N-dealkylation sites (N-methyl/N-ethyl adjacent to an activating group) is 1. The van der Waals surface area contributed by atoms with Crippen LogP contribution in [-0.2, 0) is 27.8 Å². The molecule has 0 unspecified atom stereocenters. The fourth-order valence-corrected chi connectivity index (χ4v) is 5.34. The lowest BCUT2D eigenvalue weighted by Gasteiger charge is -2.34. The summed E-state index contributed by atoms with van der Waals surface area (Å²) in [7, 11) is -1.81. The number of rotatable bonds is 7. The molecule has 0 aliphatic carbocycles. The number of aromatic nitrogens is 1. The van der Waals surface area contributed by atoms with Crippen molar-refractivity contribution >= 4 is 27.3 Å². The van der Waals surface area contributed by atoms with Gasteiger partial charge in [0, 0.05) is 38.1 Å². The molecule has 1 aromatic carbocycles. The normalized spacial score (nSPS) is 15.8. The Hall–Kier alpha value is -1.88. The number of hydrogen-bond donors (Lipinski definition) is 0. The van der Waals surface area contributed by atoms with Crippen LogP contribution in [0, 0.1) is 5.82 Å². The van der Waals surface area contributed by atoms with E-state index in [9.17, 15) is 17.6 Å². The zero-order valence-electron chi connectivity index (χ0n) is 16.5. The van der Waals surface area contributed by atoms with Gasteiger partial charge in [-0.05, 0) is 37.7 Å². The molecule has 10 heteroatoms. The molecule has 158 valence electrons. The van der Waals surface area contributed by atoms with E-state index in [1.54, 1.807) is 16.2 Å². The number of benzene rings is 1. The molecular formula is C19H25FN4O3S2. The van der Waals surface area contributed by atoms with Gasteiger partial charge in [0.2, 0.25) is 15.9 Å². The number of thiazole rings is 1. The Balaban J connectivity index is 1.51. The van der Waals surface area contributed by atoms with Crippen LogP contribution >= 0.6 is 11.3 Å². The SMILES string of the molecule is CCc1nc(CN(C)CC(=O)N2CCN(S(=O)(=O)c3ccc(F)cc3)CC2)cs1. The van der Waals surface area contributed by atoms with Crippen LogP contribution in [0.2, 0.25) is 0 Å². The molecule has 7 nitrogen and oxygen atoms in total. The minimum atomic E-state index is -3.68. The summed E-state index contributed by atoms with van der Waals surface area (Å²) in [5.74, 6) is -0.510. The quantitative estimate of drug-likeness (QED) is 0.657. The zero-order valence-corrected chi connectivity index (χ0v) is 18.2. The zero-order chi connectivity index (χ0) is 21.0. The third kappa shape index (κ3) is 5.39. The van der Waals surface area contributed by atoms with Crippen molar-refractivity contribution in [3.8, 4) is 0 Å². The van der Waals surface area contributed by atoms with E-state index in [-0.39, 0.29) is 30.4 Å². The maximum atomic E-state index is 13.1. The van der Waals surface area contributed by atoms with Gasteiger partial charge in [0.05, 0.1) is 22.1 Å². The summed E-state index contributed by atoms with van der Waals surface area (Å²) in [6.07, 6.45) is 0.901. The average Bonchev–Trinajstić information content (AvgIpc) is 3.15. The first kappa shape index (κ1) is 21.8. The topological polar surface area (TPSA) is 73.8 Å². The number of amides is 1. The van der Waals surface area contributed by atoms with Crippen LogP contribution in [0.15, 0.2) is 34.5 Å². The van der Waals surface area contributed by atoms with Gasteiger partial charge in [-0.1, -0.05) is 6.92 Å². The Morgan fingerprint density at radius 1 is 1.21 bits per heavy atom. The summed E-state index contributed by atoms with van der Waals surface area (Å²) in [4.78, 5) is 20.8. The summed E-state index contributed by atoms with van der Waals surface area (Å²) in [5, 5.41) is 3.09. The summed E-state index contributed by atoms with van der Waals surface area (Å²) < 4.78 is 39.7. The first-order valence-corrected chi connectivity index (χ1v) is 11.8. The van der Waals surface area contributed by atoms with Gasteiger partial charge >= 0.3 is 0 Å². The van der Waals surface area contributed by atoms with Crippen molar-refractivity contribution in [2.24, 2.45) is 0 Å². The lowest BCUT2D eigenvalue weighted by atomic mass is 10.3. The van der Waals surface area contributed by atoms with Gasteiger partial charge < -0.3 is 4.90 Å². The van der Waals surface area contributed by atoms with Gasteiger partial charge in [-0.3, -0.25) is 9.69 Å². The molecule has 29 heavy (non-hydrogen) atoms. The first-order chi connectivity index (χ1) is 13.8. The number of aryl methyl sites for hydroxylation is 1. The predicted molar refractivity (Wildman–Crippen MR) is 110 cm³/mol. The number of sulfonamides is 1. The fraction of sp³-hybridized carbons (Fsp3) is 0.474. The molecule has 1 saturated heterocycles. The third-order valence-corrected chi connectivity index (χ3v) is 7.74. The fourth-order valence-electron chi connectivity index (χ4n) is 3.18. The molecule has 1 amide bonds. The highest BCUT2D eigenvalue weighted by atomic mass is 32.2. The lowest BCUT2D eigenvalue weighted by Crippen LogP contribution is -2.52. The molecule has 2 aromatic rings. The number of carbonyl (C=O) groups excluding carboxylic acids is 1. The Kier molecular flexibility index (Phi) is 6.99.